The minimum atomic E-state index is -4.57. The van der Waals surface area contributed by atoms with Crippen molar-refractivity contribution in [2.24, 2.45) is 0 Å². The molecule has 0 unspecified atom stereocenters. The van der Waals surface area contributed by atoms with Gasteiger partial charge in [0, 0.05) is 0 Å². The molecule has 116 valence electrons. The first-order valence-corrected chi connectivity index (χ1v) is 9.40. The van der Waals surface area contributed by atoms with Gasteiger partial charge in [-0.3, -0.25) is 0 Å². The summed E-state index contributed by atoms with van der Waals surface area (Å²) in [5.41, 5.74) is -1.29. The van der Waals surface area contributed by atoms with Crippen molar-refractivity contribution in [3.63, 3.8) is 0 Å². The summed E-state index contributed by atoms with van der Waals surface area (Å²) in [6, 6.07) is 3.64. The highest BCUT2D eigenvalue weighted by atomic mass is 28.4. The van der Waals surface area contributed by atoms with Gasteiger partial charge in [-0.1, -0.05) is 20.8 Å². The van der Waals surface area contributed by atoms with E-state index < -0.39 is 25.8 Å². The molecule has 1 rings (SSSR count). The molecule has 7 heteroatoms. The Bertz CT molecular complexity index is 557. The van der Waals surface area contributed by atoms with Crippen LogP contribution < -0.4 is 0 Å². The highest BCUT2D eigenvalue weighted by Gasteiger charge is 2.37. The zero-order valence-electron chi connectivity index (χ0n) is 12.8. The van der Waals surface area contributed by atoms with Crippen molar-refractivity contribution in [3.05, 3.63) is 29.1 Å². The number of aromatic nitrogens is 1. The number of pyridine rings is 1. The van der Waals surface area contributed by atoms with Crippen LogP contribution in [0.4, 0.5) is 13.2 Å². The predicted octanol–water partition coefficient (Wildman–Crippen LogP) is 4.49. The molecule has 1 aromatic heterocycles. The number of hydrogen-bond acceptors (Lipinski definition) is 3. The summed E-state index contributed by atoms with van der Waals surface area (Å²) in [5.74, 6) is 0. The highest BCUT2D eigenvalue weighted by Crippen LogP contribution is 2.37. The van der Waals surface area contributed by atoms with Crippen LogP contribution in [0.3, 0.4) is 0 Å². The van der Waals surface area contributed by atoms with Gasteiger partial charge < -0.3 is 4.43 Å². The van der Waals surface area contributed by atoms with Gasteiger partial charge in [-0.2, -0.15) is 18.4 Å². The van der Waals surface area contributed by atoms with Crippen LogP contribution in [0.5, 0.6) is 0 Å². The Hall–Kier alpha value is -1.39. The van der Waals surface area contributed by atoms with E-state index in [0.717, 1.165) is 6.07 Å². The number of halogens is 3. The normalized spacial score (nSPS) is 13.1. The van der Waals surface area contributed by atoms with Gasteiger partial charge in [-0.05, 0) is 30.3 Å². The molecule has 0 aliphatic rings. The second-order valence-electron chi connectivity index (χ2n) is 6.36. The Morgan fingerprint density at radius 3 is 2.24 bits per heavy atom. The third-order valence-electron chi connectivity index (χ3n) is 3.75. The number of rotatable bonds is 3. The summed E-state index contributed by atoms with van der Waals surface area (Å²) in [6.07, 6.45) is -4.57. The third kappa shape index (κ3) is 4.28. The Balaban J connectivity index is 2.96. The molecular formula is C14H19F3N2OSi. The van der Waals surface area contributed by atoms with E-state index in [4.69, 9.17) is 9.69 Å². The Kier molecular flexibility index (Phi) is 4.86. The van der Waals surface area contributed by atoms with Crippen molar-refractivity contribution in [2.75, 3.05) is 0 Å². The van der Waals surface area contributed by atoms with Crippen LogP contribution in [-0.4, -0.2) is 13.3 Å². The average Bonchev–Trinajstić information content (AvgIpc) is 2.33. The molecule has 21 heavy (non-hydrogen) atoms. The van der Waals surface area contributed by atoms with E-state index in [1.54, 1.807) is 0 Å². The fraction of sp³-hybridized carbons (Fsp3) is 0.571. The van der Waals surface area contributed by atoms with Gasteiger partial charge in [0.05, 0.1) is 17.9 Å². The number of alkyl halides is 3. The van der Waals surface area contributed by atoms with Gasteiger partial charge in [0.25, 0.3) is 0 Å². The molecule has 0 aliphatic heterocycles. The van der Waals surface area contributed by atoms with E-state index in [1.165, 1.54) is 12.1 Å². The van der Waals surface area contributed by atoms with E-state index in [1.807, 2.05) is 13.1 Å². The zero-order valence-corrected chi connectivity index (χ0v) is 13.8. The molecule has 1 aromatic rings. The lowest BCUT2D eigenvalue weighted by molar-refractivity contribution is -0.138. The lowest BCUT2D eigenvalue weighted by atomic mass is 10.2. The SMILES string of the molecule is CC(C)(C)[Si](C)(C)OCc1ccc(C(F)(F)F)c(C#N)n1. The average molecular weight is 316 g/mol. The molecular weight excluding hydrogens is 297 g/mol. The largest absolute Gasteiger partial charge is 0.419 e. The first-order chi connectivity index (χ1) is 9.38. The van der Waals surface area contributed by atoms with Crippen molar-refractivity contribution < 1.29 is 17.6 Å². The van der Waals surface area contributed by atoms with E-state index in [9.17, 15) is 13.2 Å². The van der Waals surface area contributed by atoms with Crippen molar-refractivity contribution in [1.29, 1.82) is 5.26 Å². The highest BCUT2D eigenvalue weighted by molar-refractivity contribution is 6.74. The molecule has 0 saturated carbocycles. The van der Waals surface area contributed by atoms with Gasteiger partial charge in [-0.15, -0.1) is 0 Å². The number of nitrogens with zero attached hydrogens (tertiary/aromatic N) is 2. The Labute approximate surface area is 123 Å². The molecule has 0 N–H and O–H groups in total. The van der Waals surface area contributed by atoms with Crippen LogP contribution in [0.25, 0.3) is 0 Å². The van der Waals surface area contributed by atoms with E-state index in [-0.39, 0.29) is 11.6 Å². The molecule has 0 aromatic carbocycles. The van der Waals surface area contributed by atoms with Gasteiger partial charge in [0.1, 0.15) is 6.07 Å². The Morgan fingerprint density at radius 2 is 1.81 bits per heavy atom. The molecule has 0 fully saturated rings. The van der Waals surface area contributed by atoms with Crippen LogP contribution in [0.1, 0.15) is 37.7 Å². The molecule has 1 heterocycles. The molecule has 3 nitrogen and oxygen atoms in total. The summed E-state index contributed by atoms with van der Waals surface area (Å²) in [5, 5.41) is 8.82. The van der Waals surface area contributed by atoms with E-state index in [0.29, 0.717) is 5.69 Å². The first kappa shape index (κ1) is 17.7. The van der Waals surface area contributed by atoms with Crippen molar-refractivity contribution >= 4 is 8.32 Å². The van der Waals surface area contributed by atoms with Crippen LogP contribution in [0.2, 0.25) is 18.1 Å². The topological polar surface area (TPSA) is 45.9 Å². The zero-order chi connectivity index (χ0) is 16.5. The fourth-order valence-electron chi connectivity index (χ4n) is 1.36. The minimum absolute atomic E-state index is 0.00301. The van der Waals surface area contributed by atoms with Crippen LogP contribution in [0.15, 0.2) is 12.1 Å². The van der Waals surface area contributed by atoms with Gasteiger partial charge in [0.2, 0.25) is 0 Å². The fourth-order valence-corrected chi connectivity index (χ4v) is 2.31. The van der Waals surface area contributed by atoms with Gasteiger partial charge in [0.15, 0.2) is 14.0 Å². The van der Waals surface area contributed by atoms with Crippen LogP contribution in [0, 0.1) is 11.3 Å². The van der Waals surface area contributed by atoms with Crippen molar-refractivity contribution in [3.8, 4) is 6.07 Å². The standard InChI is InChI=1S/C14H19F3N2OSi/c1-13(2,3)21(4,5)20-9-10-6-7-11(14(15,16)17)12(8-18)19-10/h6-7H,9H2,1-5H3. The number of hydrogen-bond donors (Lipinski definition) is 0. The lowest BCUT2D eigenvalue weighted by Crippen LogP contribution is -2.40. The van der Waals surface area contributed by atoms with Gasteiger partial charge in [-0.25, -0.2) is 4.98 Å². The van der Waals surface area contributed by atoms with Crippen LogP contribution >= 0.6 is 0 Å². The maximum Gasteiger partial charge on any atom is 0.419 e. The smallest absolute Gasteiger partial charge is 0.411 e. The molecule has 0 radical (unpaired) electrons. The summed E-state index contributed by atoms with van der Waals surface area (Å²) in [7, 11) is -2.01. The van der Waals surface area contributed by atoms with Crippen LogP contribution in [-0.2, 0) is 17.2 Å². The first-order valence-electron chi connectivity index (χ1n) is 6.49. The second-order valence-corrected chi connectivity index (χ2v) is 11.2. The third-order valence-corrected chi connectivity index (χ3v) is 8.23. The van der Waals surface area contributed by atoms with Gasteiger partial charge >= 0.3 is 6.18 Å². The molecule has 0 atom stereocenters. The summed E-state index contributed by atoms with van der Waals surface area (Å²) in [4.78, 5) is 3.76. The lowest BCUT2D eigenvalue weighted by Gasteiger charge is -2.36. The molecule has 0 spiro atoms. The maximum absolute atomic E-state index is 12.7. The summed E-state index contributed by atoms with van der Waals surface area (Å²) < 4.78 is 43.9. The second kappa shape index (κ2) is 5.77. The minimum Gasteiger partial charge on any atom is -0.411 e. The quantitative estimate of drug-likeness (QED) is 0.772. The summed E-state index contributed by atoms with van der Waals surface area (Å²) >= 11 is 0. The Morgan fingerprint density at radius 1 is 1.24 bits per heavy atom. The molecule has 0 amide bonds. The predicted molar refractivity (Wildman–Crippen MR) is 75.9 cm³/mol. The van der Waals surface area contributed by atoms with E-state index >= 15 is 0 Å². The summed E-state index contributed by atoms with van der Waals surface area (Å²) in [6.45, 7) is 10.4. The molecule has 0 aliphatic carbocycles. The molecule has 0 saturated heterocycles. The van der Waals surface area contributed by atoms with Crippen molar-refractivity contribution in [1.82, 2.24) is 4.98 Å². The number of nitriles is 1. The van der Waals surface area contributed by atoms with Crippen molar-refractivity contribution in [2.45, 2.75) is 51.7 Å². The maximum atomic E-state index is 12.7. The monoisotopic (exact) mass is 316 g/mol. The molecule has 0 bridgehead atoms. The van der Waals surface area contributed by atoms with E-state index in [2.05, 4.69) is 25.8 Å².